The first-order valence-electron chi connectivity index (χ1n) is 4.61. The van der Waals surface area contributed by atoms with Crippen molar-refractivity contribution in [1.29, 1.82) is 0 Å². The predicted molar refractivity (Wildman–Crippen MR) is 53.2 cm³/mol. The van der Waals surface area contributed by atoms with Crippen LogP contribution in [0.3, 0.4) is 0 Å². The molecular formula is C11H16FN. The van der Waals surface area contributed by atoms with E-state index in [-0.39, 0.29) is 5.82 Å². The fraction of sp³-hybridized carbons (Fsp3) is 0.455. The van der Waals surface area contributed by atoms with Crippen LogP contribution in [0.5, 0.6) is 0 Å². The van der Waals surface area contributed by atoms with Crippen LogP contribution in [0.2, 0.25) is 0 Å². The molecule has 1 aromatic carbocycles. The molecule has 0 saturated carbocycles. The average molecular weight is 181 g/mol. The summed E-state index contributed by atoms with van der Waals surface area (Å²) in [5.41, 5.74) is 8.74. The van der Waals surface area contributed by atoms with E-state index in [1.807, 2.05) is 13.8 Å². The van der Waals surface area contributed by atoms with E-state index in [9.17, 15) is 4.39 Å². The van der Waals surface area contributed by atoms with Crippen molar-refractivity contribution in [3.05, 3.63) is 34.6 Å². The first-order valence-corrected chi connectivity index (χ1v) is 4.61. The quantitative estimate of drug-likeness (QED) is 0.761. The number of halogens is 1. The number of aryl methyl sites for hydroxylation is 2. The second kappa shape index (κ2) is 4.38. The van der Waals surface area contributed by atoms with Gasteiger partial charge in [-0.3, -0.25) is 0 Å². The topological polar surface area (TPSA) is 26.0 Å². The van der Waals surface area contributed by atoms with Crippen LogP contribution in [0.4, 0.5) is 4.39 Å². The number of benzene rings is 1. The summed E-state index contributed by atoms with van der Waals surface area (Å²) in [5, 5.41) is 0. The fourth-order valence-electron chi connectivity index (χ4n) is 1.61. The van der Waals surface area contributed by atoms with Crippen molar-refractivity contribution < 1.29 is 4.39 Å². The lowest BCUT2D eigenvalue weighted by atomic mass is 9.98. The van der Waals surface area contributed by atoms with Gasteiger partial charge in [0.1, 0.15) is 5.82 Å². The standard InChI is InChI=1S/C11H16FN/c1-8-6-10(12)7-9(2)11(8)4-3-5-13/h6-7H,3-5,13H2,1-2H3. The normalized spacial score (nSPS) is 10.5. The van der Waals surface area contributed by atoms with E-state index in [0.29, 0.717) is 6.54 Å². The molecule has 0 heterocycles. The van der Waals surface area contributed by atoms with Crippen LogP contribution in [0, 0.1) is 19.7 Å². The maximum Gasteiger partial charge on any atom is 0.123 e. The molecule has 0 aliphatic carbocycles. The molecule has 0 radical (unpaired) electrons. The Hall–Kier alpha value is -0.890. The summed E-state index contributed by atoms with van der Waals surface area (Å²) < 4.78 is 12.9. The Kier molecular flexibility index (Phi) is 3.43. The van der Waals surface area contributed by atoms with Crippen LogP contribution >= 0.6 is 0 Å². The number of rotatable bonds is 3. The highest BCUT2D eigenvalue weighted by Gasteiger charge is 2.03. The second-order valence-corrected chi connectivity index (χ2v) is 3.41. The molecule has 1 aromatic rings. The van der Waals surface area contributed by atoms with Gasteiger partial charge in [0.25, 0.3) is 0 Å². The highest BCUT2D eigenvalue weighted by Crippen LogP contribution is 2.17. The highest BCUT2D eigenvalue weighted by atomic mass is 19.1. The van der Waals surface area contributed by atoms with E-state index >= 15 is 0 Å². The van der Waals surface area contributed by atoms with Gasteiger partial charge in [0.05, 0.1) is 0 Å². The van der Waals surface area contributed by atoms with Crippen molar-refractivity contribution in [3.8, 4) is 0 Å². The minimum atomic E-state index is -0.147. The Bertz CT molecular complexity index is 271. The third kappa shape index (κ3) is 2.52. The first-order chi connectivity index (χ1) is 6.15. The molecule has 0 bridgehead atoms. The van der Waals surface area contributed by atoms with Gasteiger partial charge >= 0.3 is 0 Å². The number of hydrogen-bond acceptors (Lipinski definition) is 1. The van der Waals surface area contributed by atoms with Gasteiger partial charge in [-0.1, -0.05) is 0 Å². The Morgan fingerprint density at radius 2 is 1.77 bits per heavy atom. The minimum absolute atomic E-state index is 0.147. The van der Waals surface area contributed by atoms with Gasteiger partial charge < -0.3 is 5.73 Å². The monoisotopic (exact) mass is 181 g/mol. The van der Waals surface area contributed by atoms with Gasteiger partial charge in [-0.05, 0) is 62.1 Å². The van der Waals surface area contributed by atoms with Crippen LogP contribution in [0.15, 0.2) is 12.1 Å². The summed E-state index contributed by atoms with van der Waals surface area (Å²) in [6, 6.07) is 3.16. The Labute approximate surface area is 78.8 Å². The summed E-state index contributed by atoms with van der Waals surface area (Å²) in [5.74, 6) is -0.147. The zero-order chi connectivity index (χ0) is 9.84. The highest BCUT2D eigenvalue weighted by molar-refractivity contribution is 5.34. The average Bonchev–Trinajstić information content (AvgIpc) is 2.02. The molecule has 2 heteroatoms. The molecule has 13 heavy (non-hydrogen) atoms. The lowest BCUT2D eigenvalue weighted by molar-refractivity contribution is 0.623. The van der Waals surface area contributed by atoms with Crippen molar-refractivity contribution >= 4 is 0 Å². The minimum Gasteiger partial charge on any atom is -0.330 e. The molecule has 1 rings (SSSR count). The molecule has 0 fully saturated rings. The molecule has 0 amide bonds. The summed E-state index contributed by atoms with van der Waals surface area (Å²) in [7, 11) is 0. The molecule has 1 nitrogen and oxygen atoms in total. The smallest absolute Gasteiger partial charge is 0.123 e. The fourth-order valence-corrected chi connectivity index (χ4v) is 1.61. The van der Waals surface area contributed by atoms with Crippen molar-refractivity contribution in [3.63, 3.8) is 0 Å². The molecule has 0 unspecified atom stereocenters. The van der Waals surface area contributed by atoms with Crippen LogP contribution in [0.25, 0.3) is 0 Å². The maximum atomic E-state index is 12.9. The largest absolute Gasteiger partial charge is 0.330 e. The number of nitrogens with two attached hydrogens (primary N) is 1. The van der Waals surface area contributed by atoms with Crippen LogP contribution in [-0.2, 0) is 6.42 Å². The van der Waals surface area contributed by atoms with E-state index in [2.05, 4.69) is 0 Å². The zero-order valence-corrected chi connectivity index (χ0v) is 8.23. The Morgan fingerprint density at radius 1 is 1.23 bits per heavy atom. The first kappa shape index (κ1) is 10.2. The predicted octanol–water partition coefficient (Wildman–Crippen LogP) is 2.33. The number of hydrogen-bond donors (Lipinski definition) is 1. The van der Waals surface area contributed by atoms with Crippen LogP contribution in [0.1, 0.15) is 23.1 Å². The second-order valence-electron chi connectivity index (χ2n) is 3.41. The maximum absolute atomic E-state index is 12.9. The summed E-state index contributed by atoms with van der Waals surface area (Å²) >= 11 is 0. The van der Waals surface area contributed by atoms with E-state index in [4.69, 9.17) is 5.73 Å². The SMILES string of the molecule is Cc1cc(F)cc(C)c1CCCN. The third-order valence-corrected chi connectivity index (χ3v) is 2.29. The van der Waals surface area contributed by atoms with Gasteiger partial charge in [-0.2, -0.15) is 0 Å². The van der Waals surface area contributed by atoms with Gasteiger partial charge in [0.15, 0.2) is 0 Å². The third-order valence-electron chi connectivity index (χ3n) is 2.29. The van der Waals surface area contributed by atoms with Gasteiger partial charge in [-0.15, -0.1) is 0 Å². The molecule has 2 N–H and O–H groups in total. The molecule has 0 spiro atoms. The van der Waals surface area contributed by atoms with Crippen molar-refractivity contribution in [2.45, 2.75) is 26.7 Å². The van der Waals surface area contributed by atoms with E-state index in [0.717, 1.165) is 24.0 Å². The molecule has 0 aromatic heterocycles. The van der Waals surface area contributed by atoms with Crippen LogP contribution in [-0.4, -0.2) is 6.54 Å². The van der Waals surface area contributed by atoms with E-state index in [1.54, 1.807) is 12.1 Å². The summed E-state index contributed by atoms with van der Waals surface area (Å²) in [6.07, 6.45) is 1.92. The Balaban J connectivity index is 2.92. The summed E-state index contributed by atoms with van der Waals surface area (Å²) in [6.45, 7) is 4.58. The van der Waals surface area contributed by atoms with Gasteiger partial charge in [-0.25, -0.2) is 4.39 Å². The molecular weight excluding hydrogens is 165 g/mol. The zero-order valence-electron chi connectivity index (χ0n) is 8.23. The van der Waals surface area contributed by atoms with Crippen molar-refractivity contribution in [2.75, 3.05) is 6.54 Å². The lowest BCUT2D eigenvalue weighted by Crippen LogP contribution is -2.03. The van der Waals surface area contributed by atoms with Crippen LogP contribution < -0.4 is 5.73 Å². The Morgan fingerprint density at radius 3 is 2.23 bits per heavy atom. The summed E-state index contributed by atoms with van der Waals surface area (Å²) in [4.78, 5) is 0. The van der Waals surface area contributed by atoms with Crippen molar-refractivity contribution in [2.24, 2.45) is 5.73 Å². The van der Waals surface area contributed by atoms with E-state index < -0.39 is 0 Å². The van der Waals surface area contributed by atoms with Gasteiger partial charge in [0.2, 0.25) is 0 Å². The van der Waals surface area contributed by atoms with Crippen molar-refractivity contribution in [1.82, 2.24) is 0 Å². The molecule has 0 atom stereocenters. The molecule has 0 aliphatic heterocycles. The lowest BCUT2D eigenvalue weighted by Gasteiger charge is -2.08. The molecule has 0 saturated heterocycles. The molecule has 72 valence electrons. The van der Waals surface area contributed by atoms with E-state index in [1.165, 1.54) is 5.56 Å². The molecule has 0 aliphatic rings. The van der Waals surface area contributed by atoms with Gasteiger partial charge in [0, 0.05) is 0 Å².